The minimum Gasteiger partial charge on any atom is -0.382 e. The lowest BCUT2D eigenvalue weighted by atomic mass is 9.79. The summed E-state index contributed by atoms with van der Waals surface area (Å²) in [6, 6.07) is 0. The molecule has 1 fully saturated rings. The van der Waals surface area contributed by atoms with Crippen LogP contribution >= 0.6 is 0 Å². The van der Waals surface area contributed by atoms with E-state index in [2.05, 4.69) is 5.92 Å². The van der Waals surface area contributed by atoms with E-state index in [0.717, 1.165) is 19.3 Å². The second-order valence-electron chi connectivity index (χ2n) is 4.17. The maximum atomic E-state index is 12.1. The molecule has 2 nitrogen and oxygen atoms in total. The van der Waals surface area contributed by atoms with Crippen LogP contribution in [0.25, 0.3) is 0 Å². The van der Waals surface area contributed by atoms with Crippen LogP contribution < -0.4 is 0 Å². The van der Waals surface area contributed by atoms with Gasteiger partial charge in [0.1, 0.15) is 5.60 Å². The zero-order valence-electron chi connectivity index (χ0n) is 9.70. The summed E-state index contributed by atoms with van der Waals surface area (Å²) in [5.74, 6) is 2.15. The summed E-state index contributed by atoms with van der Waals surface area (Å²) >= 11 is 0. The molecule has 1 N–H and O–H groups in total. The quantitative estimate of drug-likeness (QED) is 0.448. The lowest BCUT2D eigenvalue weighted by Crippen LogP contribution is -2.41. The van der Waals surface area contributed by atoms with Crippen molar-refractivity contribution in [1.82, 2.24) is 0 Å². The highest BCUT2D eigenvalue weighted by atomic mass is 16.3. The van der Waals surface area contributed by atoms with Gasteiger partial charge in [-0.2, -0.15) is 0 Å². The molecule has 0 amide bonds. The van der Waals surface area contributed by atoms with Gasteiger partial charge in [0.25, 0.3) is 0 Å². The normalized spacial score (nSPS) is 20.7. The van der Waals surface area contributed by atoms with Crippen LogP contribution in [0.5, 0.6) is 0 Å². The Morgan fingerprint density at radius 1 is 1.38 bits per heavy atom. The first-order valence-corrected chi connectivity index (χ1v) is 5.70. The van der Waals surface area contributed by atoms with Gasteiger partial charge in [-0.25, -0.2) is 0 Å². The summed E-state index contributed by atoms with van der Waals surface area (Å²) in [5.41, 5.74) is -0.665. The van der Waals surface area contributed by atoms with Crippen molar-refractivity contribution < 1.29 is 9.90 Å². The molecular weight excluding hydrogens is 200 g/mol. The van der Waals surface area contributed by atoms with E-state index in [4.69, 9.17) is 6.42 Å². The first-order valence-electron chi connectivity index (χ1n) is 5.70. The molecule has 0 saturated heterocycles. The van der Waals surface area contributed by atoms with Crippen molar-refractivity contribution in [2.75, 3.05) is 0 Å². The molecule has 0 aromatic heterocycles. The van der Waals surface area contributed by atoms with Gasteiger partial charge >= 0.3 is 0 Å². The van der Waals surface area contributed by atoms with E-state index in [1.807, 2.05) is 0 Å². The number of rotatable bonds is 3. The predicted octanol–water partition coefficient (Wildman–Crippen LogP) is 2.39. The lowest BCUT2D eigenvalue weighted by molar-refractivity contribution is -0.136. The number of ketones is 1. The van der Waals surface area contributed by atoms with E-state index in [-0.39, 0.29) is 5.78 Å². The molecule has 1 saturated carbocycles. The molecule has 16 heavy (non-hydrogen) atoms. The van der Waals surface area contributed by atoms with Crippen molar-refractivity contribution in [2.24, 2.45) is 0 Å². The van der Waals surface area contributed by atoms with Gasteiger partial charge in [0.05, 0.1) is 0 Å². The van der Waals surface area contributed by atoms with Gasteiger partial charge in [-0.05, 0) is 31.9 Å². The molecule has 0 spiro atoms. The van der Waals surface area contributed by atoms with E-state index in [1.54, 1.807) is 19.1 Å². The molecule has 86 valence electrons. The minimum atomic E-state index is -1.17. The number of Topliss-reactive ketones (excluding diaryl/α,β-unsaturated/α-hetero) is 1. The Bertz CT molecular complexity index is 349. The standard InChI is InChI=1S/C14H18O2/c1-3-5-9-12(4-2)13(15)14(16)10-7-6-8-11-14/h1,4-5,9,16H,6-8,10-11H2,2H3/b9-5-,12-4+. The summed E-state index contributed by atoms with van der Waals surface area (Å²) in [5, 5.41) is 10.3. The fourth-order valence-corrected chi connectivity index (χ4v) is 2.07. The van der Waals surface area contributed by atoms with Crippen LogP contribution in [-0.4, -0.2) is 16.5 Å². The van der Waals surface area contributed by atoms with E-state index in [0.29, 0.717) is 18.4 Å². The minimum absolute atomic E-state index is 0.193. The fraction of sp³-hybridized carbons (Fsp3) is 0.500. The van der Waals surface area contributed by atoms with Gasteiger partial charge < -0.3 is 5.11 Å². The Balaban J connectivity index is 2.83. The second-order valence-corrected chi connectivity index (χ2v) is 4.17. The van der Waals surface area contributed by atoms with Crippen molar-refractivity contribution in [1.29, 1.82) is 0 Å². The van der Waals surface area contributed by atoms with Gasteiger partial charge in [-0.15, -0.1) is 6.42 Å². The molecule has 0 aromatic rings. The first kappa shape index (κ1) is 12.7. The number of terminal acetylenes is 1. The van der Waals surface area contributed by atoms with Crippen LogP contribution in [0.15, 0.2) is 23.8 Å². The van der Waals surface area contributed by atoms with Crippen LogP contribution in [-0.2, 0) is 4.79 Å². The maximum absolute atomic E-state index is 12.1. The predicted molar refractivity (Wildman–Crippen MR) is 64.8 cm³/mol. The number of carbonyl (C=O) groups excluding carboxylic acids is 1. The second kappa shape index (κ2) is 5.67. The fourth-order valence-electron chi connectivity index (χ4n) is 2.07. The maximum Gasteiger partial charge on any atom is 0.194 e. The Kier molecular flexibility index (Phi) is 4.52. The third-order valence-electron chi connectivity index (χ3n) is 3.04. The highest BCUT2D eigenvalue weighted by molar-refractivity contribution is 6.04. The molecule has 0 bridgehead atoms. The van der Waals surface area contributed by atoms with Crippen molar-refractivity contribution >= 4 is 5.78 Å². The van der Waals surface area contributed by atoms with E-state index in [9.17, 15) is 9.90 Å². The van der Waals surface area contributed by atoms with Crippen molar-refractivity contribution in [3.8, 4) is 12.3 Å². The van der Waals surface area contributed by atoms with E-state index < -0.39 is 5.60 Å². The lowest BCUT2D eigenvalue weighted by Gasteiger charge is -2.30. The molecule has 0 aliphatic heterocycles. The molecule has 1 aliphatic rings. The van der Waals surface area contributed by atoms with Crippen LogP contribution in [0.3, 0.4) is 0 Å². The molecule has 2 heteroatoms. The highest BCUT2D eigenvalue weighted by Gasteiger charge is 2.37. The molecule has 0 radical (unpaired) electrons. The zero-order valence-corrected chi connectivity index (χ0v) is 9.70. The molecule has 0 aromatic carbocycles. The Morgan fingerprint density at radius 3 is 2.50 bits per heavy atom. The van der Waals surface area contributed by atoms with Crippen LogP contribution in [0, 0.1) is 12.3 Å². The smallest absolute Gasteiger partial charge is 0.194 e. The van der Waals surface area contributed by atoms with Gasteiger partial charge in [0.15, 0.2) is 5.78 Å². The summed E-state index contributed by atoms with van der Waals surface area (Å²) in [6.07, 6.45) is 13.9. The van der Waals surface area contributed by atoms with Crippen LogP contribution in [0.2, 0.25) is 0 Å². The van der Waals surface area contributed by atoms with Crippen LogP contribution in [0.1, 0.15) is 39.0 Å². The monoisotopic (exact) mass is 218 g/mol. The largest absolute Gasteiger partial charge is 0.382 e. The number of carbonyl (C=O) groups is 1. The van der Waals surface area contributed by atoms with Gasteiger partial charge in [-0.3, -0.25) is 4.79 Å². The average Bonchev–Trinajstić information content (AvgIpc) is 2.31. The third kappa shape index (κ3) is 2.84. The molecule has 1 rings (SSSR count). The number of aliphatic hydroxyl groups is 1. The molecule has 1 aliphatic carbocycles. The molecule has 0 unspecified atom stereocenters. The SMILES string of the molecule is C#C/C=C\C(=C/C)C(=O)C1(O)CCCCC1. The van der Waals surface area contributed by atoms with Gasteiger partial charge in [0, 0.05) is 5.57 Å². The van der Waals surface area contributed by atoms with E-state index in [1.165, 1.54) is 6.08 Å². The molecule has 0 heterocycles. The average molecular weight is 218 g/mol. The Hall–Kier alpha value is -1.33. The van der Waals surface area contributed by atoms with E-state index >= 15 is 0 Å². The summed E-state index contributed by atoms with van der Waals surface area (Å²) < 4.78 is 0. The van der Waals surface area contributed by atoms with Crippen molar-refractivity contribution in [3.05, 3.63) is 23.8 Å². The summed E-state index contributed by atoms with van der Waals surface area (Å²) in [4.78, 5) is 12.1. The van der Waals surface area contributed by atoms with Gasteiger partial charge in [0.2, 0.25) is 0 Å². The first-order chi connectivity index (χ1) is 7.64. The molecular formula is C14H18O2. The van der Waals surface area contributed by atoms with Crippen molar-refractivity contribution in [3.63, 3.8) is 0 Å². The Morgan fingerprint density at radius 2 is 2.00 bits per heavy atom. The molecule has 0 atom stereocenters. The summed E-state index contributed by atoms with van der Waals surface area (Å²) in [6.45, 7) is 1.78. The van der Waals surface area contributed by atoms with Gasteiger partial charge in [-0.1, -0.05) is 31.3 Å². The van der Waals surface area contributed by atoms with Crippen molar-refractivity contribution in [2.45, 2.75) is 44.6 Å². The third-order valence-corrected chi connectivity index (χ3v) is 3.04. The zero-order chi connectivity index (χ0) is 12.0. The number of hydrogen-bond donors (Lipinski definition) is 1. The topological polar surface area (TPSA) is 37.3 Å². The van der Waals surface area contributed by atoms with Crippen LogP contribution in [0.4, 0.5) is 0 Å². The Labute approximate surface area is 97.1 Å². The summed E-state index contributed by atoms with van der Waals surface area (Å²) in [7, 11) is 0. The number of hydrogen-bond acceptors (Lipinski definition) is 2. The highest BCUT2D eigenvalue weighted by Crippen LogP contribution is 2.31. The number of allylic oxidation sites excluding steroid dienone is 3.